The Labute approximate surface area is 195 Å². The SMILES string of the molecule is COc1ccc(-c2ccc(CC(NC(=O)c3c(Cl)cccc3Cl)C(=O)O)cc2)c(OC)c1. The van der Waals surface area contributed by atoms with Crippen molar-refractivity contribution in [2.24, 2.45) is 0 Å². The summed E-state index contributed by atoms with van der Waals surface area (Å²) in [5, 5.41) is 12.4. The van der Waals surface area contributed by atoms with Crippen LogP contribution in [0.4, 0.5) is 0 Å². The highest BCUT2D eigenvalue weighted by atomic mass is 35.5. The molecule has 3 aromatic rings. The molecule has 3 rings (SSSR count). The number of hydrogen-bond donors (Lipinski definition) is 2. The van der Waals surface area contributed by atoms with E-state index in [1.807, 2.05) is 36.4 Å². The lowest BCUT2D eigenvalue weighted by Crippen LogP contribution is -2.42. The highest BCUT2D eigenvalue weighted by Crippen LogP contribution is 2.33. The molecule has 0 aliphatic rings. The van der Waals surface area contributed by atoms with Gasteiger partial charge in [-0.2, -0.15) is 0 Å². The molecule has 0 spiro atoms. The Balaban J connectivity index is 1.78. The van der Waals surface area contributed by atoms with Crippen LogP contribution in [0.5, 0.6) is 11.5 Å². The number of benzene rings is 3. The molecule has 1 amide bonds. The van der Waals surface area contributed by atoms with Crippen LogP contribution in [0, 0.1) is 0 Å². The minimum atomic E-state index is -1.16. The average Bonchev–Trinajstić information content (AvgIpc) is 2.78. The summed E-state index contributed by atoms with van der Waals surface area (Å²) in [6.07, 6.45) is 0.0865. The Kier molecular flexibility index (Phi) is 7.62. The maximum absolute atomic E-state index is 12.6. The third-order valence-corrected chi connectivity index (χ3v) is 5.54. The lowest BCUT2D eigenvalue weighted by atomic mass is 9.99. The molecule has 1 atom stereocenters. The fourth-order valence-corrected chi connectivity index (χ4v) is 3.81. The van der Waals surface area contributed by atoms with Gasteiger partial charge in [0, 0.05) is 18.1 Å². The van der Waals surface area contributed by atoms with Gasteiger partial charge in [0.2, 0.25) is 0 Å². The summed E-state index contributed by atoms with van der Waals surface area (Å²) < 4.78 is 10.7. The van der Waals surface area contributed by atoms with Crippen molar-refractivity contribution in [1.82, 2.24) is 5.32 Å². The second-order valence-corrected chi connectivity index (χ2v) is 7.74. The Morgan fingerprint density at radius 3 is 2.19 bits per heavy atom. The Morgan fingerprint density at radius 2 is 1.62 bits per heavy atom. The van der Waals surface area contributed by atoms with Gasteiger partial charge in [-0.05, 0) is 35.4 Å². The van der Waals surface area contributed by atoms with Crippen LogP contribution >= 0.6 is 23.2 Å². The fraction of sp³-hybridized carbons (Fsp3) is 0.167. The molecule has 0 saturated carbocycles. The summed E-state index contributed by atoms with van der Waals surface area (Å²) in [7, 11) is 3.17. The molecule has 8 heteroatoms. The van der Waals surface area contributed by atoms with Gasteiger partial charge in [-0.15, -0.1) is 0 Å². The number of ether oxygens (including phenoxy) is 2. The summed E-state index contributed by atoms with van der Waals surface area (Å²) in [6, 6.07) is 16.4. The lowest BCUT2D eigenvalue weighted by Gasteiger charge is -2.16. The fourth-order valence-electron chi connectivity index (χ4n) is 3.24. The van der Waals surface area contributed by atoms with Crippen molar-refractivity contribution < 1.29 is 24.2 Å². The van der Waals surface area contributed by atoms with Gasteiger partial charge in [0.05, 0.1) is 29.8 Å². The molecule has 0 bridgehead atoms. The van der Waals surface area contributed by atoms with Crippen LogP contribution in [0.2, 0.25) is 10.0 Å². The van der Waals surface area contributed by atoms with E-state index >= 15 is 0 Å². The van der Waals surface area contributed by atoms with Crippen LogP contribution < -0.4 is 14.8 Å². The number of carboxylic acids is 1. The first kappa shape index (κ1) is 23.4. The van der Waals surface area contributed by atoms with Crippen molar-refractivity contribution in [3.05, 3.63) is 81.8 Å². The predicted molar refractivity (Wildman–Crippen MR) is 124 cm³/mol. The van der Waals surface area contributed by atoms with Crippen molar-refractivity contribution in [1.29, 1.82) is 0 Å². The molecule has 1 unspecified atom stereocenters. The number of carbonyl (C=O) groups is 2. The second kappa shape index (κ2) is 10.4. The number of carbonyl (C=O) groups excluding carboxylic acids is 1. The molecule has 0 aromatic heterocycles. The minimum absolute atomic E-state index is 0.0454. The molecule has 0 saturated heterocycles. The highest BCUT2D eigenvalue weighted by molar-refractivity contribution is 6.39. The normalized spacial score (nSPS) is 11.5. The van der Waals surface area contributed by atoms with Gasteiger partial charge >= 0.3 is 5.97 Å². The molecule has 0 aliphatic carbocycles. The Hall–Kier alpha value is -3.22. The number of aliphatic carboxylic acids is 1. The summed E-state index contributed by atoms with van der Waals surface area (Å²) in [6.45, 7) is 0. The van der Waals surface area contributed by atoms with Gasteiger partial charge in [-0.3, -0.25) is 4.79 Å². The molecule has 166 valence electrons. The van der Waals surface area contributed by atoms with E-state index in [4.69, 9.17) is 32.7 Å². The van der Waals surface area contributed by atoms with E-state index in [1.54, 1.807) is 26.4 Å². The van der Waals surface area contributed by atoms with Crippen molar-refractivity contribution in [2.75, 3.05) is 14.2 Å². The largest absolute Gasteiger partial charge is 0.497 e. The maximum atomic E-state index is 12.6. The maximum Gasteiger partial charge on any atom is 0.326 e. The van der Waals surface area contributed by atoms with Crippen LogP contribution in [-0.2, 0) is 11.2 Å². The van der Waals surface area contributed by atoms with Crippen LogP contribution in [0.25, 0.3) is 11.1 Å². The van der Waals surface area contributed by atoms with Crippen molar-refractivity contribution >= 4 is 35.1 Å². The first-order chi connectivity index (χ1) is 15.3. The molecule has 0 aliphatic heterocycles. The van der Waals surface area contributed by atoms with Crippen LogP contribution in [0.1, 0.15) is 15.9 Å². The quantitative estimate of drug-likeness (QED) is 0.475. The molecule has 3 aromatic carbocycles. The molecule has 0 heterocycles. The third-order valence-electron chi connectivity index (χ3n) is 4.91. The van der Waals surface area contributed by atoms with Gasteiger partial charge in [-0.25, -0.2) is 4.79 Å². The van der Waals surface area contributed by atoms with Gasteiger partial charge in [0.1, 0.15) is 17.5 Å². The third kappa shape index (κ3) is 5.33. The van der Waals surface area contributed by atoms with Gasteiger partial charge in [0.25, 0.3) is 5.91 Å². The monoisotopic (exact) mass is 473 g/mol. The smallest absolute Gasteiger partial charge is 0.326 e. The lowest BCUT2D eigenvalue weighted by molar-refractivity contribution is -0.139. The van der Waals surface area contributed by atoms with Gasteiger partial charge < -0.3 is 19.9 Å². The molecule has 0 radical (unpaired) electrons. The highest BCUT2D eigenvalue weighted by Gasteiger charge is 2.24. The minimum Gasteiger partial charge on any atom is -0.497 e. The van der Waals surface area contributed by atoms with E-state index in [-0.39, 0.29) is 22.0 Å². The topological polar surface area (TPSA) is 84.9 Å². The zero-order valence-electron chi connectivity index (χ0n) is 17.4. The molecule has 0 fully saturated rings. The summed E-state index contributed by atoms with van der Waals surface area (Å²) in [5.41, 5.74) is 2.55. The van der Waals surface area contributed by atoms with E-state index in [0.717, 1.165) is 16.7 Å². The second-order valence-electron chi connectivity index (χ2n) is 6.93. The standard InChI is InChI=1S/C24H21Cl2NO5/c1-31-16-10-11-17(21(13-16)32-2)15-8-6-14(7-9-15)12-20(24(29)30)27-23(28)22-18(25)4-3-5-19(22)26/h3-11,13,20H,12H2,1-2H3,(H,27,28)(H,29,30). The summed E-state index contributed by atoms with van der Waals surface area (Å²) in [5.74, 6) is -0.472. The van der Waals surface area contributed by atoms with Gasteiger partial charge in [-0.1, -0.05) is 53.5 Å². The number of carboxylic acid groups (broad SMARTS) is 1. The van der Waals surface area contributed by atoms with E-state index in [1.165, 1.54) is 12.1 Å². The number of rotatable bonds is 8. The van der Waals surface area contributed by atoms with Crippen LogP contribution in [-0.4, -0.2) is 37.2 Å². The van der Waals surface area contributed by atoms with Crippen LogP contribution in [0.3, 0.4) is 0 Å². The molecular formula is C24H21Cl2NO5. The zero-order chi connectivity index (χ0) is 23.3. The number of hydrogen-bond acceptors (Lipinski definition) is 4. The zero-order valence-corrected chi connectivity index (χ0v) is 18.9. The Bertz CT molecular complexity index is 1110. The summed E-state index contributed by atoms with van der Waals surface area (Å²) >= 11 is 12.1. The van der Waals surface area contributed by atoms with Crippen LogP contribution in [0.15, 0.2) is 60.7 Å². The number of nitrogens with one attached hydrogen (secondary N) is 1. The number of methoxy groups -OCH3 is 2. The molecule has 32 heavy (non-hydrogen) atoms. The van der Waals surface area contributed by atoms with Crippen molar-refractivity contribution in [3.63, 3.8) is 0 Å². The molecule has 6 nitrogen and oxygen atoms in total. The van der Waals surface area contributed by atoms with E-state index in [9.17, 15) is 14.7 Å². The first-order valence-corrected chi connectivity index (χ1v) is 10.4. The van der Waals surface area contributed by atoms with Crippen molar-refractivity contribution in [2.45, 2.75) is 12.5 Å². The average molecular weight is 474 g/mol. The molecule has 2 N–H and O–H groups in total. The van der Waals surface area contributed by atoms with E-state index in [0.29, 0.717) is 11.5 Å². The van der Waals surface area contributed by atoms with Crippen molar-refractivity contribution in [3.8, 4) is 22.6 Å². The number of halogens is 2. The molecular weight excluding hydrogens is 453 g/mol. The van der Waals surface area contributed by atoms with E-state index in [2.05, 4.69) is 5.32 Å². The predicted octanol–water partition coefficient (Wildman–Crippen LogP) is 5.10. The van der Waals surface area contributed by atoms with Gasteiger partial charge in [0.15, 0.2) is 0 Å². The Morgan fingerprint density at radius 1 is 0.969 bits per heavy atom. The summed E-state index contributed by atoms with van der Waals surface area (Å²) in [4.78, 5) is 24.3. The number of amides is 1. The first-order valence-electron chi connectivity index (χ1n) is 9.63. The van der Waals surface area contributed by atoms with E-state index < -0.39 is 17.9 Å².